The molecule has 0 saturated carbocycles. The molecule has 2 heterocycles. The molecule has 1 aromatic carbocycles. The van der Waals surface area contributed by atoms with Crippen LogP contribution in [-0.4, -0.2) is 38.5 Å². The highest BCUT2D eigenvalue weighted by Gasteiger charge is 2.26. The summed E-state index contributed by atoms with van der Waals surface area (Å²) < 4.78 is 40.5. The third-order valence-electron chi connectivity index (χ3n) is 4.53. The first-order valence-corrected chi connectivity index (χ1v) is 9.59. The zero-order valence-electron chi connectivity index (χ0n) is 14.9. The maximum atomic E-state index is 12.6. The van der Waals surface area contributed by atoms with E-state index in [0.717, 1.165) is 23.5 Å². The maximum Gasteiger partial charge on any atom is 0.244 e. The van der Waals surface area contributed by atoms with Crippen molar-refractivity contribution in [2.45, 2.75) is 25.2 Å². The molecule has 0 aliphatic carbocycles. The Morgan fingerprint density at radius 1 is 1.40 bits per heavy atom. The number of aryl methyl sites for hydroxylation is 2. The van der Waals surface area contributed by atoms with Crippen LogP contribution in [0, 0.1) is 19.8 Å². The zero-order chi connectivity index (χ0) is 18.2. The van der Waals surface area contributed by atoms with Crippen LogP contribution in [0.3, 0.4) is 0 Å². The number of rotatable bonds is 5. The predicted molar refractivity (Wildman–Crippen MR) is 93.6 cm³/mol. The number of benzene rings is 1. The van der Waals surface area contributed by atoms with Gasteiger partial charge in [-0.05, 0) is 31.9 Å². The van der Waals surface area contributed by atoms with Crippen molar-refractivity contribution in [3.63, 3.8) is 0 Å². The summed E-state index contributed by atoms with van der Waals surface area (Å²) in [6.07, 6.45) is 0.757. The lowest BCUT2D eigenvalue weighted by molar-refractivity contribution is 0.222. The lowest BCUT2D eigenvalue weighted by atomic mass is 9.97. The normalized spacial score (nSPS) is 17.0. The molecule has 0 fully saturated rings. The zero-order valence-corrected chi connectivity index (χ0v) is 15.7. The molecular formula is C17H23N3O4S. The Kier molecular flexibility index (Phi) is 4.75. The molecule has 1 atom stereocenters. The molecule has 1 N–H and O–H groups in total. The second kappa shape index (κ2) is 6.68. The largest absolute Gasteiger partial charge is 0.497 e. The molecule has 136 valence electrons. The monoisotopic (exact) mass is 365 g/mol. The van der Waals surface area contributed by atoms with Gasteiger partial charge in [0.05, 0.1) is 25.1 Å². The Bertz CT molecular complexity index is 890. The molecule has 0 amide bonds. The highest BCUT2D eigenvalue weighted by molar-refractivity contribution is 7.89. The molecule has 0 spiro atoms. The summed E-state index contributed by atoms with van der Waals surface area (Å²) in [5.41, 5.74) is 2.19. The van der Waals surface area contributed by atoms with Gasteiger partial charge >= 0.3 is 0 Å². The molecule has 0 saturated heterocycles. The molecule has 7 nitrogen and oxygen atoms in total. The molecule has 1 aliphatic heterocycles. The topological polar surface area (TPSA) is 82.4 Å². The van der Waals surface area contributed by atoms with Gasteiger partial charge in [-0.1, -0.05) is 6.07 Å². The van der Waals surface area contributed by atoms with Crippen molar-refractivity contribution in [3.05, 3.63) is 35.2 Å². The molecule has 25 heavy (non-hydrogen) atoms. The van der Waals surface area contributed by atoms with Crippen LogP contribution in [0.5, 0.6) is 11.5 Å². The van der Waals surface area contributed by atoms with Crippen LogP contribution in [0.4, 0.5) is 0 Å². The fraction of sp³-hybridized carbons (Fsp3) is 0.471. The second-order valence-electron chi connectivity index (χ2n) is 6.33. The van der Waals surface area contributed by atoms with Gasteiger partial charge in [0.1, 0.15) is 16.4 Å². The van der Waals surface area contributed by atoms with E-state index in [4.69, 9.17) is 9.47 Å². The highest BCUT2D eigenvalue weighted by atomic mass is 32.2. The van der Waals surface area contributed by atoms with Crippen LogP contribution in [0.15, 0.2) is 23.1 Å². The molecule has 3 rings (SSSR count). The quantitative estimate of drug-likeness (QED) is 0.870. The molecule has 1 aromatic heterocycles. The fourth-order valence-electron chi connectivity index (χ4n) is 3.12. The van der Waals surface area contributed by atoms with Crippen LogP contribution in [0.2, 0.25) is 0 Å². The van der Waals surface area contributed by atoms with E-state index in [-0.39, 0.29) is 10.8 Å². The summed E-state index contributed by atoms with van der Waals surface area (Å²) in [6, 6.07) is 5.71. The predicted octanol–water partition coefficient (Wildman–Crippen LogP) is 1.58. The van der Waals surface area contributed by atoms with Gasteiger partial charge in [-0.2, -0.15) is 5.10 Å². The average Bonchev–Trinajstić information content (AvgIpc) is 2.85. The number of sulfonamides is 1. The third kappa shape index (κ3) is 3.50. The molecule has 0 bridgehead atoms. The van der Waals surface area contributed by atoms with Gasteiger partial charge in [0.2, 0.25) is 10.0 Å². The first kappa shape index (κ1) is 17.8. The molecule has 8 heteroatoms. The van der Waals surface area contributed by atoms with Crippen molar-refractivity contribution in [1.82, 2.24) is 14.5 Å². The summed E-state index contributed by atoms with van der Waals surface area (Å²) in [6.45, 7) is 4.24. The van der Waals surface area contributed by atoms with Crippen molar-refractivity contribution < 1.29 is 17.9 Å². The molecule has 0 radical (unpaired) electrons. The van der Waals surface area contributed by atoms with Gasteiger partial charge in [0.25, 0.3) is 0 Å². The van der Waals surface area contributed by atoms with Crippen molar-refractivity contribution >= 4 is 10.0 Å². The second-order valence-corrected chi connectivity index (χ2v) is 8.03. The van der Waals surface area contributed by atoms with Crippen LogP contribution >= 0.6 is 0 Å². The van der Waals surface area contributed by atoms with E-state index in [9.17, 15) is 8.42 Å². The lowest BCUT2D eigenvalue weighted by Gasteiger charge is -2.25. The Labute approximate surface area is 148 Å². The smallest absolute Gasteiger partial charge is 0.244 e. The summed E-state index contributed by atoms with van der Waals surface area (Å²) in [7, 11) is -0.244. The minimum Gasteiger partial charge on any atom is -0.497 e. The third-order valence-corrected chi connectivity index (χ3v) is 6.21. The van der Waals surface area contributed by atoms with E-state index < -0.39 is 10.0 Å². The van der Waals surface area contributed by atoms with E-state index in [1.807, 2.05) is 18.2 Å². The van der Waals surface area contributed by atoms with E-state index >= 15 is 0 Å². The van der Waals surface area contributed by atoms with Gasteiger partial charge in [-0.25, -0.2) is 13.1 Å². The molecule has 1 aliphatic rings. The van der Waals surface area contributed by atoms with Crippen molar-refractivity contribution in [1.29, 1.82) is 0 Å². The van der Waals surface area contributed by atoms with Gasteiger partial charge in [-0.3, -0.25) is 4.68 Å². The summed E-state index contributed by atoms with van der Waals surface area (Å²) in [5, 5.41) is 4.18. The van der Waals surface area contributed by atoms with Crippen LogP contribution in [0.1, 0.15) is 17.0 Å². The van der Waals surface area contributed by atoms with Gasteiger partial charge in [0, 0.05) is 25.6 Å². The van der Waals surface area contributed by atoms with Crippen LogP contribution < -0.4 is 14.2 Å². The number of ether oxygens (including phenoxy) is 2. The number of hydrogen-bond donors (Lipinski definition) is 1. The van der Waals surface area contributed by atoms with E-state index in [2.05, 4.69) is 9.82 Å². The Morgan fingerprint density at radius 3 is 2.80 bits per heavy atom. The van der Waals surface area contributed by atoms with E-state index in [1.54, 1.807) is 32.7 Å². The number of aromatic nitrogens is 2. The first-order valence-electron chi connectivity index (χ1n) is 8.11. The molecule has 2 aromatic rings. The summed E-state index contributed by atoms with van der Waals surface area (Å²) in [4.78, 5) is 0.261. The van der Waals surface area contributed by atoms with Crippen molar-refractivity contribution in [2.24, 2.45) is 13.0 Å². The van der Waals surface area contributed by atoms with Crippen molar-refractivity contribution in [3.8, 4) is 11.5 Å². The van der Waals surface area contributed by atoms with Crippen LogP contribution in [0.25, 0.3) is 0 Å². The lowest BCUT2D eigenvalue weighted by Crippen LogP contribution is -2.35. The Balaban J connectivity index is 1.69. The van der Waals surface area contributed by atoms with Gasteiger partial charge in [0.15, 0.2) is 0 Å². The SMILES string of the molecule is COc1ccc2c(c1)OCC(CNS(=O)(=O)c1c(C)nn(C)c1C)C2. The number of nitrogens with zero attached hydrogens (tertiary/aromatic N) is 2. The van der Waals surface area contributed by atoms with E-state index in [0.29, 0.717) is 24.5 Å². The summed E-state index contributed by atoms with van der Waals surface area (Å²) >= 11 is 0. The Hall–Kier alpha value is -2.06. The van der Waals surface area contributed by atoms with E-state index in [1.165, 1.54) is 0 Å². The minimum atomic E-state index is -3.60. The highest BCUT2D eigenvalue weighted by Crippen LogP contribution is 2.31. The number of fused-ring (bicyclic) bond motifs is 1. The number of nitrogens with one attached hydrogen (secondary N) is 1. The van der Waals surface area contributed by atoms with Crippen molar-refractivity contribution in [2.75, 3.05) is 20.3 Å². The maximum absolute atomic E-state index is 12.6. The Morgan fingerprint density at radius 2 is 2.16 bits per heavy atom. The molecule has 1 unspecified atom stereocenters. The van der Waals surface area contributed by atoms with Crippen LogP contribution in [-0.2, 0) is 23.5 Å². The number of methoxy groups -OCH3 is 1. The van der Waals surface area contributed by atoms with Gasteiger partial charge < -0.3 is 9.47 Å². The van der Waals surface area contributed by atoms with Gasteiger partial charge in [-0.15, -0.1) is 0 Å². The molecular weight excluding hydrogens is 342 g/mol. The number of hydrogen-bond acceptors (Lipinski definition) is 5. The average molecular weight is 365 g/mol. The first-order chi connectivity index (χ1) is 11.8. The minimum absolute atomic E-state index is 0.0768. The standard InChI is InChI=1S/C17H23N3O4S/c1-11-17(12(2)20(3)19-11)25(21,22)18-9-13-7-14-5-6-15(23-4)8-16(14)24-10-13/h5-6,8,13,18H,7,9-10H2,1-4H3. The summed E-state index contributed by atoms with van der Waals surface area (Å²) in [5.74, 6) is 1.63. The fourth-order valence-corrected chi connectivity index (χ4v) is 4.67.